The molecule has 0 bridgehead atoms. The van der Waals surface area contributed by atoms with Gasteiger partial charge in [-0.3, -0.25) is 0 Å². The standard InChI is InChI=1S/C11H14ClNO4S/c1-11(2,3)13-18(16,17)9-6-7(12)4-5-8(9)10(14)15/h4-6,13H,1-3H3,(H,14,15). The summed E-state index contributed by atoms with van der Waals surface area (Å²) in [6.45, 7) is 4.99. The lowest BCUT2D eigenvalue weighted by Gasteiger charge is -2.21. The molecule has 0 heterocycles. The zero-order chi connectivity index (χ0) is 14.1. The van der Waals surface area contributed by atoms with Crippen LogP contribution in [0, 0.1) is 0 Å². The Balaban J connectivity index is 3.40. The molecule has 0 atom stereocenters. The van der Waals surface area contributed by atoms with Gasteiger partial charge in [0.15, 0.2) is 0 Å². The number of rotatable bonds is 3. The maximum atomic E-state index is 12.1. The Labute approximate surface area is 111 Å². The molecule has 18 heavy (non-hydrogen) atoms. The fourth-order valence-corrected chi connectivity index (χ4v) is 3.23. The van der Waals surface area contributed by atoms with Crippen LogP contribution >= 0.6 is 11.6 Å². The zero-order valence-electron chi connectivity index (χ0n) is 10.2. The number of benzene rings is 1. The van der Waals surface area contributed by atoms with Crippen molar-refractivity contribution in [1.29, 1.82) is 0 Å². The summed E-state index contributed by atoms with van der Waals surface area (Å²) in [5.41, 5.74) is -1.02. The highest BCUT2D eigenvalue weighted by molar-refractivity contribution is 7.89. The highest BCUT2D eigenvalue weighted by atomic mass is 35.5. The lowest BCUT2D eigenvalue weighted by molar-refractivity contribution is 0.0692. The van der Waals surface area contributed by atoms with Crippen LogP contribution in [0.3, 0.4) is 0 Å². The van der Waals surface area contributed by atoms with Gasteiger partial charge in [0.2, 0.25) is 10.0 Å². The predicted molar refractivity (Wildman–Crippen MR) is 68.5 cm³/mol. The summed E-state index contributed by atoms with van der Waals surface area (Å²) < 4.78 is 26.6. The molecule has 0 aliphatic carbocycles. The molecule has 0 amide bonds. The largest absolute Gasteiger partial charge is 0.478 e. The van der Waals surface area contributed by atoms with Crippen molar-refractivity contribution >= 4 is 27.6 Å². The second kappa shape index (κ2) is 4.87. The van der Waals surface area contributed by atoms with Gasteiger partial charge in [0, 0.05) is 10.6 Å². The van der Waals surface area contributed by atoms with Crippen LogP contribution in [0.5, 0.6) is 0 Å². The number of sulfonamides is 1. The number of hydrogen-bond acceptors (Lipinski definition) is 3. The van der Waals surface area contributed by atoms with Gasteiger partial charge in [0.25, 0.3) is 0 Å². The molecule has 0 aliphatic heterocycles. The summed E-state index contributed by atoms with van der Waals surface area (Å²) in [7, 11) is -3.93. The molecule has 0 aliphatic rings. The number of carboxylic acids is 1. The van der Waals surface area contributed by atoms with E-state index in [1.165, 1.54) is 12.1 Å². The molecule has 0 saturated carbocycles. The minimum atomic E-state index is -3.93. The zero-order valence-corrected chi connectivity index (χ0v) is 11.8. The van der Waals surface area contributed by atoms with Crippen molar-refractivity contribution in [1.82, 2.24) is 4.72 Å². The van der Waals surface area contributed by atoms with Crippen molar-refractivity contribution < 1.29 is 18.3 Å². The fraction of sp³-hybridized carbons (Fsp3) is 0.364. The molecule has 0 radical (unpaired) electrons. The molecule has 0 saturated heterocycles. The highest BCUT2D eigenvalue weighted by Crippen LogP contribution is 2.22. The summed E-state index contributed by atoms with van der Waals surface area (Å²) >= 11 is 5.71. The Morgan fingerprint density at radius 2 is 1.89 bits per heavy atom. The number of hydrogen-bond donors (Lipinski definition) is 2. The van der Waals surface area contributed by atoms with Crippen molar-refractivity contribution in [2.75, 3.05) is 0 Å². The van der Waals surface area contributed by atoms with Gasteiger partial charge in [-0.05, 0) is 39.0 Å². The topological polar surface area (TPSA) is 83.5 Å². The third-order valence-electron chi connectivity index (χ3n) is 1.90. The molecule has 0 fully saturated rings. The molecule has 5 nitrogen and oxygen atoms in total. The molecule has 7 heteroatoms. The maximum Gasteiger partial charge on any atom is 0.337 e. The average molecular weight is 292 g/mol. The van der Waals surface area contributed by atoms with E-state index in [4.69, 9.17) is 16.7 Å². The SMILES string of the molecule is CC(C)(C)NS(=O)(=O)c1cc(Cl)ccc1C(=O)O. The van der Waals surface area contributed by atoms with Gasteiger partial charge in [-0.25, -0.2) is 17.9 Å². The lowest BCUT2D eigenvalue weighted by atomic mass is 10.1. The quantitative estimate of drug-likeness (QED) is 0.893. The second-order valence-electron chi connectivity index (χ2n) is 4.80. The lowest BCUT2D eigenvalue weighted by Crippen LogP contribution is -2.41. The van der Waals surface area contributed by atoms with Crippen LogP contribution in [0.15, 0.2) is 23.1 Å². The van der Waals surface area contributed by atoms with Gasteiger partial charge in [-0.1, -0.05) is 11.6 Å². The van der Waals surface area contributed by atoms with E-state index in [1.54, 1.807) is 20.8 Å². The number of carboxylic acid groups (broad SMARTS) is 1. The van der Waals surface area contributed by atoms with Crippen LogP contribution in [-0.2, 0) is 10.0 Å². The summed E-state index contributed by atoms with van der Waals surface area (Å²) in [5, 5.41) is 9.14. The third kappa shape index (κ3) is 3.69. The molecule has 1 rings (SSSR count). The van der Waals surface area contributed by atoms with Crippen LogP contribution in [0.25, 0.3) is 0 Å². The first-order valence-electron chi connectivity index (χ1n) is 5.10. The van der Waals surface area contributed by atoms with E-state index in [9.17, 15) is 13.2 Å². The van der Waals surface area contributed by atoms with Gasteiger partial charge in [0.1, 0.15) is 0 Å². The van der Waals surface area contributed by atoms with Gasteiger partial charge in [0.05, 0.1) is 10.5 Å². The second-order valence-corrected chi connectivity index (χ2v) is 6.89. The molecule has 0 unspecified atom stereocenters. The van der Waals surface area contributed by atoms with E-state index in [-0.39, 0.29) is 15.5 Å². The Morgan fingerprint density at radius 1 is 1.33 bits per heavy atom. The first kappa shape index (κ1) is 14.9. The summed E-state index contributed by atoms with van der Waals surface area (Å²) in [5.74, 6) is -1.32. The van der Waals surface area contributed by atoms with Crippen LogP contribution < -0.4 is 4.72 Å². The van der Waals surface area contributed by atoms with Crippen LogP contribution in [0.4, 0.5) is 0 Å². The van der Waals surface area contributed by atoms with Crippen molar-refractivity contribution in [3.63, 3.8) is 0 Å². The summed E-state index contributed by atoms with van der Waals surface area (Å²) in [6, 6.07) is 3.63. The predicted octanol–water partition coefficient (Wildman–Crippen LogP) is 2.11. The fourth-order valence-electron chi connectivity index (χ4n) is 1.35. The Morgan fingerprint density at radius 3 is 2.33 bits per heavy atom. The molecule has 0 spiro atoms. The minimum absolute atomic E-state index is 0.161. The first-order valence-corrected chi connectivity index (χ1v) is 6.96. The number of halogens is 1. The van der Waals surface area contributed by atoms with E-state index < -0.39 is 21.5 Å². The Hall–Kier alpha value is -1.11. The molecule has 1 aromatic rings. The smallest absolute Gasteiger partial charge is 0.337 e. The van der Waals surface area contributed by atoms with Gasteiger partial charge in [-0.2, -0.15) is 0 Å². The minimum Gasteiger partial charge on any atom is -0.478 e. The molecule has 100 valence electrons. The molecule has 2 N–H and O–H groups in total. The van der Waals surface area contributed by atoms with Gasteiger partial charge >= 0.3 is 5.97 Å². The average Bonchev–Trinajstić information content (AvgIpc) is 2.13. The maximum absolute atomic E-state index is 12.1. The monoisotopic (exact) mass is 291 g/mol. The van der Waals surface area contributed by atoms with Crippen molar-refractivity contribution in [3.8, 4) is 0 Å². The van der Waals surface area contributed by atoms with Gasteiger partial charge in [-0.15, -0.1) is 0 Å². The number of nitrogens with one attached hydrogen (secondary N) is 1. The molecular weight excluding hydrogens is 278 g/mol. The van der Waals surface area contributed by atoms with Gasteiger partial charge < -0.3 is 5.11 Å². The van der Waals surface area contributed by atoms with Crippen LogP contribution in [0.2, 0.25) is 5.02 Å². The van der Waals surface area contributed by atoms with Crippen molar-refractivity contribution in [3.05, 3.63) is 28.8 Å². The highest BCUT2D eigenvalue weighted by Gasteiger charge is 2.26. The van der Waals surface area contributed by atoms with E-state index in [0.29, 0.717) is 0 Å². The van der Waals surface area contributed by atoms with E-state index >= 15 is 0 Å². The molecular formula is C11H14ClNO4S. The Kier molecular flexibility index (Phi) is 4.05. The summed E-state index contributed by atoms with van der Waals surface area (Å²) in [6.07, 6.45) is 0. The van der Waals surface area contributed by atoms with E-state index in [1.807, 2.05) is 0 Å². The molecule has 1 aromatic carbocycles. The van der Waals surface area contributed by atoms with Crippen molar-refractivity contribution in [2.24, 2.45) is 0 Å². The first-order chi connectivity index (χ1) is 8.03. The number of aromatic carboxylic acids is 1. The third-order valence-corrected chi connectivity index (χ3v) is 3.94. The van der Waals surface area contributed by atoms with Crippen molar-refractivity contribution in [2.45, 2.75) is 31.2 Å². The molecule has 0 aromatic heterocycles. The van der Waals surface area contributed by atoms with Crippen LogP contribution in [0.1, 0.15) is 31.1 Å². The van der Waals surface area contributed by atoms with E-state index in [0.717, 1.165) is 6.07 Å². The summed E-state index contributed by atoms with van der Waals surface area (Å²) in [4.78, 5) is 10.7. The normalized spacial score (nSPS) is 12.4. The van der Waals surface area contributed by atoms with E-state index in [2.05, 4.69) is 4.72 Å². The number of carbonyl (C=O) groups is 1. The Bertz CT molecular complexity index is 575. The van der Waals surface area contributed by atoms with Crippen LogP contribution in [-0.4, -0.2) is 25.0 Å².